The number of ether oxygens (including phenoxy) is 2. The molecule has 5 nitrogen and oxygen atoms in total. The standard InChI is InChI=1S/C22H26O5/c1-22(2)12-14(9-10-26-22)19(23)13-25-15-7-8-17-16-5-3-4-6-18(16)21(24)27-20(17)11-15/h7-8,11,14H,3-6,9-10,12-13H2,1-2H3. The van der Waals surface area contributed by atoms with Crippen LogP contribution in [0.4, 0.5) is 0 Å². The highest BCUT2D eigenvalue weighted by atomic mass is 16.5. The zero-order valence-electron chi connectivity index (χ0n) is 16.0. The summed E-state index contributed by atoms with van der Waals surface area (Å²) in [5.41, 5.74) is 1.97. The molecule has 0 radical (unpaired) electrons. The lowest BCUT2D eigenvalue weighted by molar-refractivity contribution is -0.135. The third-order valence-corrected chi connectivity index (χ3v) is 5.73. The van der Waals surface area contributed by atoms with E-state index in [0.29, 0.717) is 24.4 Å². The van der Waals surface area contributed by atoms with Gasteiger partial charge >= 0.3 is 5.63 Å². The summed E-state index contributed by atoms with van der Waals surface area (Å²) in [5, 5.41) is 0.981. The molecule has 2 heterocycles. The van der Waals surface area contributed by atoms with E-state index in [0.717, 1.165) is 48.6 Å². The van der Waals surface area contributed by atoms with E-state index in [1.807, 2.05) is 26.0 Å². The fourth-order valence-electron chi connectivity index (χ4n) is 4.29. The van der Waals surface area contributed by atoms with Crippen LogP contribution >= 0.6 is 0 Å². The number of fused-ring (bicyclic) bond motifs is 3. The Hall–Kier alpha value is -2.14. The number of hydrogen-bond acceptors (Lipinski definition) is 5. The smallest absolute Gasteiger partial charge is 0.339 e. The Bertz CT molecular complexity index is 924. The van der Waals surface area contributed by atoms with E-state index in [-0.39, 0.29) is 29.5 Å². The van der Waals surface area contributed by atoms with Gasteiger partial charge in [-0.1, -0.05) is 0 Å². The van der Waals surface area contributed by atoms with E-state index in [4.69, 9.17) is 13.9 Å². The van der Waals surface area contributed by atoms with Gasteiger partial charge in [0.15, 0.2) is 5.78 Å². The zero-order valence-corrected chi connectivity index (χ0v) is 16.0. The van der Waals surface area contributed by atoms with Crippen molar-refractivity contribution in [3.63, 3.8) is 0 Å². The van der Waals surface area contributed by atoms with Crippen molar-refractivity contribution in [2.45, 2.75) is 58.0 Å². The minimum Gasteiger partial charge on any atom is -0.486 e. The van der Waals surface area contributed by atoms with Gasteiger partial charge in [-0.3, -0.25) is 4.79 Å². The largest absolute Gasteiger partial charge is 0.486 e. The molecule has 1 aliphatic heterocycles. The monoisotopic (exact) mass is 370 g/mol. The molecule has 0 bridgehead atoms. The lowest BCUT2D eigenvalue weighted by atomic mass is 9.86. The van der Waals surface area contributed by atoms with E-state index in [1.165, 1.54) is 0 Å². The first-order valence-corrected chi connectivity index (χ1v) is 9.81. The Balaban J connectivity index is 1.50. The number of benzene rings is 1. The lowest BCUT2D eigenvalue weighted by Crippen LogP contribution is -2.38. The quantitative estimate of drug-likeness (QED) is 0.766. The lowest BCUT2D eigenvalue weighted by Gasteiger charge is -2.34. The molecule has 27 heavy (non-hydrogen) atoms. The normalized spacial score (nSPS) is 21.6. The van der Waals surface area contributed by atoms with E-state index < -0.39 is 0 Å². The van der Waals surface area contributed by atoms with Crippen LogP contribution in [0.25, 0.3) is 11.0 Å². The van der Waals surface area contributed by atoms with Crippen molar-refractivity contribution in [2.75, 3.05) is 13.2 Å². The molecule has 1 unspecified atom stereocenters. The van der Waals surface area contributed by atoms with Gasteiger partial charge in [0.05, 0.1) is 5.60 Å². The maximum absolute atomic E-state index is 12.5. The van der Waals surface area contributed by atoms with Gasteiger partial charge in [-0.25, -0.2) is 4.79 Å². The SMILES string of the molecule is CC1(C)CC(C(=O)COc2ccc3c4c(c(=O)oc3c2)CCCC4)CCO1. The Labute approximate surface area is 158 Å². The second kappa shape index (κ2) is 7.12. The van der Waals surface area contributed by atoms with Crippen LogP contribution in [0.1, 0.15) is 50.7 Å². The third kappa shape index (κ3) is 3.79. The molecule has 2 aromatic rings. The van der Waals surface area contributed by atoms with Crippen molar-refractivity contribution in [3.8, 4) is 5.75 Å². The molecule has 1 aromatic carbocycles. The molecule has 0 spiro atoms. The van der Waals surface area contributed by atoms with Crippen molar-refractivity contribution in [3.05, 3.63) is 39.7 Å². The molecular weight excluding hydrogens is 344 g/mol. The summed E-state index contributed by atoms with van der Waals surface area (Å²) in [6.45, 7) is 4.66. The van der Waals surface area contributed by atoms with E-state index in [9.17, 15) is 9.59 Å². The van der Waals surface area contributed by atoms with Gasteiger partial charge in [0.1, 0.15) is 17.9 Å². The molecule has 2 aliphatic rings. The molecule has 1 saturated heterocycles. The summed E-state index contributed by atoms with van der Waals surface area (Å²) in [5.74, 6) is 0.624. The number of aryl methyl sites for hydroxylation is 1. The number of rotatable bonds is 4. The van der Waals surface area contributed by atoms with Crippen LogP contribution in [-0.2, 0) is 22.4 Å². The van der Waals surface area contributed by atoms with Crippen molar-refractivity contribution in [1.82, 2.24) is 0 Å². The van der Waals surface area contributed by atoms with Crippen LogP contribution in [0.5, 0.6) is 5.75 Å². The van der Waals surface area contributed by atoms with Gasteiger partial charge in [-0.05, 0) is 70.1 Å². The highest BCUT2D eigenvalue weighted by Crippen LogP contribution is 2.31. The molecule has 5 heteroatoms. The molecule has 1 aliphatic carbocycles. The number of carbonyl (C=O) groups excluding carboxylic acids is 1. The summed E-state index contributed by atoms with van der Waals surface area (Å²) in [7, 11) is 0. The molecule has 1 aromatic heterocycles. The van der Waals surface area contributed by atoms with Gasteiger partial charge in [0.2, 0.25) is 0 Å². The third-order valence-electron chi connectivity index (χ3n) is 5.73. The summed E-state index contributed by atoms with van der Waals surface area (Å²) in [6.07, 6.45) is 5.30. The van der Waals surface area contributed by atoms with Crippen LogP contribution in [0, 0.1) is 5.92 Å². The second-order valence-electron chi connectivity index (χ2n) is 8.26. The van der Waals surface area contributed by atoms with Crippen molar-refractivity contribution in [2.24, 2.45) is 5.92 Å². The maximum Gasteiger partial charge on any atom is 0.339 e. The Morgan fingerprint density at radius 2 is 2.00 bits per heavy atom. The van der Waals surface area contributed by atoms with Gasteiger partial charge in [0.25, 0.3) is 0 Å². The molecule has 4 rings (SSSR count). The predicted molar refractivity (Wildman–Crippen MR) is 102 cm³/mol. The molecule has 1 fully saturated rings. The van der Waals surface area contributed by atoms with Gasteiger partial charge in [0, 0.05) is 29.5 Å². The van der Waals surface area contributed by atoms with Gasteiger partial charge in [-0.15, -0.1) is 0 Å². The Morgan fingerprint density at radius 1 is 1.22 bits per heavy atom. The molecule has 0 N–H and O–H groups in total. The first-order chi connectivity index (χ1) is 12.9. The molecule has 0 saturated carbocycles. The summed E-state index contributed by atoms with van der Waals surface area (Å²) in [4.78, 5) is 24.8. The van der Waals surface area contributed by atoms with Crippen molar-refractivity contribution >= 4 is 16.8 Å². The fraction of sp³-hybridized carbons (Fsp3) is 0.545. The van der Waals surface area contributed by atoms with Crippen LogP contribution in [-0.4, -0.2) is 24.6 Å². The van der Waals surface area contributed by atoms with Crippen LogP contribution < -0.4 is 10.4 Å². The fourth-order valence-corrected chi connectivity index (χ4v) is 4.29. The number of ketones is 1. The van der Waals surface area contributed by atoms with Gasteiger partial charge in [-0.2, -0.15) is 0 Å². The Morgan fingerprint density at radius 3 is 2.78 bits per heavy atom. The molecule has 144 valence electrons. The molecule has 1 atom stereocenters. The number of hydrogen-bond donors (Lipinski definition) is 0. The zero-order chi connectivity index (χ0) is 19.0. The topological polar surface area (TPSA) is 65.7 Å². The highest BCUT2D eigenvalue weighted by Gasteiger charge is 2.32. The van der Waals surface area contributed by atoms with Crippen LogP contribution in [0.3, 0.4) is 0 Å². The average molecular weight is 370 g/mol. The first-order valence-electron chi connectivity index (χ1n) is 9.81. The first kappa shape index (κ1) is 18.2. The highest BCUT2D eigenvalue weighted by molar-refractivity contribution is 5.84. The van der Waals surface area contributed by atoms with Gasteiger partial charge < -0.3 is 13.9 Å². The van der Waals surface area contributed by atoms with E-state index >= 15 is 0 Å². The Kier molecular flexibility index (Phi) is 4.81. The molecule has 0 amide bonds. The summed E-state index contributed by atoms with van der Waals surface area (Å²) >= 11 is 0. The van der Waals surface area contributed by atoms with Crippen LogP contribution in [0.15, 0.2) is 27.4 Å². The summed E-state index contributed by atoms with van der Waals surface area (Å²) < 4.78 is 16.9. The number of Topliss-reactive ketones (excluding diaryl/α,β-unsaturated/α-hetero) is 1. The average Bonchev–Trinajstić information content (AvgIpc) is 2.65. The number of carbonyl (C=O) groups is 1. The van der Waals surface area contributed by atoms with E-state index in [1.54, 1.807) is 6.07 Å². The summed E-state index contributed by atoms with van der Waals surface area (Å²) in [6, 6.07) is 5.53. The van der Waals surface area contributed by atoms with Crippen molar-refractivity contribution < 1.29 is 18.7 Å². The predicted octanol–water partition coefficient (Wildman–Crippen LogP) is 3.82. The molecular formula is C22H26O5. The maximum atomic E-state index is 12.5. The minimum atomic E-state index is -0.260. The van der Waals surface area contributed by atoms with Crippen molar-refractivity contribution in [1.29, 1.82) is 0 Å². The van der Waals surface area contributed by atoms with Crippen LogP contribution in [0.2, 0.25) is 0 Å². The second-order valence-corrected chi connectivity index (χ2v) is 8.26. The minimum absolute atomic E-state index is 0.0286. The van der Waals surface area contributed by atoms with E-state index in [2.05, 4.69) is 0 Å².